The number of fused-ring (bicyclic) bond motifs is 1. The Kier molecular flexibility index (Phi) is 10.9. The fourth-order valence-corrected chi connectivity index (χ4v) is 6.21. The summed E-state index contributed by atoms with van der Waals surface area (Å²) in [4.78, 5) is 36.7. The van der Waals surface area contributed by atoms with E-state index in [0.29, 0.717) is 11.6 Å². The molecule has 0 unspecified atom stereocenters. The van der Waals surface area contributed by atoms with Crippen LogP contribution in [0.1, 0.15) is 60.7 Å². The van der Waals surface area contributed by atoms with E-state index < -0.39 is 53.1 Å². The molecule has 1 saturated heterocycles. The second kappa shape index (κ2) is 14.6. The molecule has 280 valence electrons. The predicted molar refractivity (Wildman–Crippen MR) is 183 cm³/mol. The minimum absolute atomic E-state index is 0.00276. The first kappa shape index (κ1) is 38.9. The number of nitrogens with one attached hydrogen (secondary N) is 3. The van der Waals surface area contributed by atoms with Gasteiger partial charge in [0.05, 0.1) is 32.8 Å². The quantitative estimate of drug-likeness (QED) is 0.155. The van der Waals surface area contributed by atoms with Crippen LogP contribution >= 0.6 is 23.2 Å². The molecule has 1 aliphatic rings. The summed E-state index contributed by atoms with van der Waals surface area (Å²) in [5.41, 5.74) is -1.30. The third kappa shape index (κ3) is 8.49. The molecule has 52 heavy (non-hydrogen) atoms. The zero-order chi connectivity index (χ0) is 38.3. The van der Waals surface area contributed by atoms with Crippen LogP contribution in [0.25, 0.3) is 11.2 Å². The van der Waals surface area contributed by atoms with Gasteiger partial charge in [-0.1, -0.05) is 56.1 Å². The number of anilines is 3. The minimum Gasteiger partial charge on any atom is -0.356 e. The molecule has 3 heterocycles. The number of aromatic nitrogens is 3. The Balaban J connectivity index is 1.50. The summed E-state index contributed by atoms with van der Waals surface area (Å²) >= 11 is 13.2. The smallest absolute Gasteiger partial charge is 0.356 e. The molecule has 0 bridgehead atoms. The molecule has 3 N–H and O–H groups in total. The van der Waals surface area contributed by atoms with Crippen LogP contribution in [-0.2, 0) is 31.1 Å². The van der Waals surface area contributed by atoms with Gasteiger partial charge in [-0.15, -0.1) is 0 Å². The third-order valence-corrected chi connectivity index (χ3v) is 9.42. The van der Waals surface area contributed by atoms with Gasteiger partial charge in [-0.2, -0.15) is 26.3 Å². The Morgan fingerprint density at radius 3 is 2.15 bits per heavy atom. The first-order valence-electron chi connectivity index (χ1n) is 16.0. The van der Waals surface area contributed by atoms with E-state index in [-0.39, 0.29) is 82.6 Å². The van der Waals surface area contributed by atoms with Crippen molar-refractivity contribution in [1.29, 1.82) is 0 Å². The molecule has 0 spiro atoms. The van der Waals surface area contributed by atoms with Crippen LogP contribution in [0.5, 0.6) is 0 Å². The molecular weight excluding hydrogens is 742 g/mol. The summed E-state index contributed by atoms with van der Waals surface area (Å²) in [6, 6.07) is 6.63. The molecule has 2 aromatic heterocycles. The Morgan fingerprint density at radius 1 is 0.904 bits per heavy atom. The second-order valence-electron chi connectivity index (χ2n) is 13.4. The number of carbonyl (C=O) groups excluding carboxylic acids is 2. The van der Waals surface area contributed by atoms with E-state index in [1.54, 1.807) is 40.0 Å². The lowest BCUT2D eigenvalue weighted by atomic mass is 9.95. The number of alkyl halides is 6. The number of hydrogen-bond donors (Lipinski definition) is 3. The zero-order valence-corrected chi connectivity index (χ0v) is 29.8. The lowest BCUT2D eigenvalue weighted by Crippen LogP contribution is -2.40. The Bertz CT molecular complexity index is 2000. The van der Waals surface area contributed by atoms with Crippen LogP contribution in [0.3, 0.4) is 0 Å². The minimum atomic E-state index is -4.90. The van der Waals surface area contributed by atoms with Crippen LogP contribution in [0.2, 0.25) is 10.0 Å². The number of rotatable bonds is 8. The summed E-state index contributed by atoms with van der Waals surface area (Å²) in [7, 11) is 1.59. The SMILES string of the molecule is Cn1c(Nc2c(Cl)ccc(CNC(=O)C(C)(C)C)c2Cl)nc2cc(C(=O)NCc3ccc(F)cc3C(F)(F)F)c(N3CCC(C(F)(F)F)CC3)nc21. The maximum atomic E-state index is 13.7. The van der Waals surface area contributed by atoms with Crippen molar-refractivity contribution < 1.29 is 40.3 Å². The number of nitrogens with zero attached hydrogens (tertiary/aromatic N) is 4. The summed E-state index contributed by atoms with van der Waals surface area (Å²) in [5.74, 6) is -3.58. The average molecular weight is 777 g/mol. The molecule has 2 aromatic carbocycles. The Morgan fingerprint density at radius 2 is 1.54 bits per heavy atom. The number of benzene rings is 2. The number of hydrogen-bond acceptors (Lipinski definition) is 6. The van der Waals surface area contributed by atoms with Crippen LogP contribution < -0.4 is 20.9 Å². The maximum Gasteiger partial charge on any atom is 0.416 e. The molecule has 1 aliphatic heterocycles. The van der Waals surface area contributed by atoms with E-state index in [4.69, 9.17) is 23.2 Å². The molecule has 4 aromatic rings. The lowest BCUT2D eigenvalue weighted by Gasteiger charge is -2.34. The van der Waals surface area contributed by atoms with Crippen LogP contribution in [0, 0.1) is 17.2 Å². The highest BCUT2D eigenvalue weighted by molar-refractivity contribution is 6.39. The number of imidazole rings is 1. The van der Waals surface area contributed by atoms with Crippen molar-refractivity contribution >= 4 is 63.6 Å². The van der Waals surface area contributed by atoms with Crippen LogP contribution in [0.4, 0.5) is 48.2 Å². The van der Waals surface area contributed by atoms with E-state index in [9.17, 15) is 40.3 Å². The molecule has 0 aliphatic carbocycles. The van der Waals surface area contributed by atoms with Gasteiger partial charge in [-0.25, -0.2) is 14.4 Å². The topological polar surface area (TPSA) is 104 Å². The van der Waals surface area contributed by atoms with Gasteiger partial charge in [0, 0.05) is 38.6 Å². The van der Waals surface area contributed by atoms with Crippen molar-refractivity contribution in [3.05, 3.63) is 74.5 Å². The van der Waals surface area contributed by atoms with Crippen molar-refractivity contribution in [1.82, 2.24) is 25.2 Å². The molecular formula is C34H34Cl2F7N7O2. The summed E-state index contributed by atoms with van der Waals surface area (Å²) in [6.45, 7) is 4.54. The number of halogens is 9. The Hall–Kier alpha value is -4.31. The van der Waals surface area contributed by atoms with Gasteiger partial charge in [-0.05, 0) is 48.2 Å². The van der Waals surface area contributed by atoms with E-state index in [0.717, 1.165) is 12.1 Å². The number of pyridine rings is 1. The Labute approximate surface area is 303 Å². The summed E-state index contributed by atoms with van der Waals surface area (Å²) < 4.78 is 96.5. The lowest BCUT2D eigenvalue weighted by molar-refractivity contribution is -0.179. The van der Waals surface area contributed by atoms with E-state index in [2.05, 4.69) is 25.9 Å². The van der Waals surface area contributed by atoms with E-state index in [1.165, 1.54) is 15.5 Å². The van der Waals surface area contributed by atoms with Gasteiger partial charge in [0.25, 0.3) is 5.91 Å². The normalized spacial score (nSPS) is 14.5. The van der Waals surface area contributed by atoms with Gasteiger partial charge >= 0.3 is 12.4 Å². The van der Waals surface area contributed by atoms with Gasteiger partial charge < -0.3 is 20.9 Å². The van der Waals surface area contributed by atoms with Gasteiger partial charge in [0.2, 0.25) is 11.9 Å². The average Bonchev–Trinajstić information content (AvgIpc) is 3.37. The first-order valence-corrected chi connectivity index (χ1v) is 16.8. The molecule has 1 fully saturated rings. The zero-order valence-electron chi connectivity index (χ0n) is 28.3. The standard InChI is InChI=1S/C34H34Cl2F7N7O2/c1-32(2,3)30(52)45-16-18-6-8-23(35)26(25(18)36)47-31-46-24-14-21(29(51)44-15-17-5-7-20(37)13-22(17)34(41,42)43)27(48-28(24)49(31)4)50-11-9-19(10-12-50)33(38,39)40/h5-8,13-14,19H,9-12,15-16H2,1-4H3,(H,44,51)(H,45,52)(H,46,47). The van der Waals surface area contributed by atoms with Crippen molar-refractivity contribution in [2.75, 3.05) is 23.3 Å². The summed E-state index contributed by atoms with van der Waals surface area (Å²) in [5, 5.41) is 8.69. The maximum absolute atomic E-state index is 13.7. The third-order valence-electron chi connectivity index (χ3n) is 8.67. The number of amides is 2. The van der Waals surface area contributed by atoms with Crippen LogP contribution in [0.15, 0.2) is 36.4 Å². The molecule has 9 nitrogen and oxygen atoms in total. The highest BCUT2D eigenvalue weighted by atomic mass is 35.5. The highest BCUT2D eigenvalue weighted by Gasteiger charge is 2.42. The summed E-state index contributed by atoms with van der Waals surface area (Å²) in [6.07, 6.45) is -9.84. The molecule has 0 radical (unpaired) electrons. The van der Waals surface area contributed by atoms with E-state index >= 15 is 0 Å². The van der Waals surface area contributed by atoms with Crippen molar-refractivity contribution in [3.63, 3.8) is 0 Å². The van der Waals surface area contributed by atoms with Gasteiger partial charge in [0.15, 0.2) is 5.65 Å². The molecule has 18 heteroatoms. The van der Waals surface area contributed by atoms with Gasteiger partial charge in [-0.3, -0.25) is 14.2 Å². The van der Waals surface area contributed by atoms with Gasteiger partial charge in [0.1, 0.15) is 17.2 Å². The van der Waals surface area contributed by atoms with Crippen LogP contribution in [-0.4, -0.2) is 45.6 Å². The molecule has 0 atom stereocenters. The number of piperidine rings is 1. The van der Waals surface area contributed by atoms with Crippen molar-refractivity contribution in [3.8, 4) is 0 Å². The fraction of sp³-hybridized carbons (Fsp3) is 0.412. The highest BCUT2D eigenvalue weighted by Crippen LogP contribution is 2.39. The monoisotopic (exact) mass is 775 g/mol. The van der Waals surface area contributed by atoms with Crippen molar-refractivity contribution in [2.45, 2.75) is 59.1 Å². The molecule has 2 amide bonds. The number of aryl methyl sites for hydroxylation is 1. The fourth-order valence-electron chi connectivity index (χ4n) is 5.68. The largest absolute Gasteiger partial charge is 0.416 e. The first-order chi connectivity index (χ1) is 24.1. The number of carbonyl (C=O) groups is 2. The second-order valence-corrected chi connectivity index (χ2v) is 14.2. The molecule has 5 rings (SSSR count). The molecule has 0 saturated carbocycles. The van der Waals surface area contributed by atoms with Crippen molar-refractivity contribution in [2.24, 2.45) is 18.4 Å². The van der Waals surface area contributed by atoms with E-state index in [1.807, 2.05) is 0 Å². The predicted octanol–water partition coefficient (Wildman–Crippen LogP) is 8.55.